The van der Waals surface area contributed by atoms with Gasteiger partial charge in [-0.05, 0) is 37.6 Å². The first-order valence-electron chi connectivity index (χ1n) is 10.6. The summed E-state index contributed by atoms with van der Waals surface area (Å²) in [4.78, 5) is 22.4. The lowest BCUT2D eigenvalue weighted by atomic mass is 10.1. The number of aromatic nitrogens is 2. The summed E-state index contributed by atoms with van der Waals surface area (Å²) in [6.45, 7) is 1.80. The van der Waals surface area contributed by atoms with Gasteiger partial charge in [-0.1, -0.05) is 17.7 Å². The second-order valence-corrected chi connectivity index (χ2v) is 8.17. The van der Waals surface area contributed by atoms with E-state index in [4.69, 9.17) is 21.1 Å². The zero-order chi connectivity index (χ0) is 23.4. The van der Waals surface area contributed by atoms with Crippen molar-refractivity contribution in [2.24, 2.45) is 0 Å². The predicted octanol–water partition coefficient (Wildman–Crippen LogP) is 3.76. The van der Waals surface area contributed by atoms with Gasteiger partial charge in [0.25, 0.3) is 0 Å². The molecule has 33 heavy (non-hydrogen) atoms. The third-order valence-corrected chi connectivity index (χ3v) is 5.82. The van der Waals surface area contributed by atoms with Gasteiger partial charge in [0.2, 0.25) is 5.91 Å². The summed E-state index contributed by atoms with van der Waals surface area (Å²) in [6.07, 6.45) is 3.06. The number of anilines is 2. The van der Waals surface area contributed by atoms with Crippen molar-refractivity contribution in [2.45, 2.75) is 18.9 Å². The van der Waals surface area contributed by atoms with Crippen LogP contribution >= 0.6 is 11.6 Å². The van der Waals surface area contributed by atoms with E-state index in [0.29, 0.717) is 41.3 Å². The second kappa shape index (κ2) is 10.2. The largest absolute Gasteiger partial charge is 0.493 e. The zero-order valence-electron chi connectivity index (χ0n) is 18.4. The molecular weight excluding hydrogens is 449 g/mol. The van der Waals surface area contributed by atoms with Crippen LogP contribution in [0.1, 0.15) is 12.8 Å². The number of rotatable bonds is 7. The van der Waals surface area contributed by atoms with Crippen LogP contribution in [0, 0.1) is 5.82 Å². The van der Waals surface area contributed by atoms with Crippen LogP contribution in [0.5, 0.6) is 11.5 Å². The fourth-order valence-corrected chi connectivity index (χ4v) is 4.03. The van der Waals surface area contributed by atoms with Crippen molar-refractivity contribution in [1.82, 2.24) is 20.2 Å². The molecule has 0 saturated carbocycles. The lowest BCUT2D eigenvalue weighted by Gasteiger charge is -2.32. The highest BCUT2D eigenvalue weighted by Gasteiger charge is 2.24. The first-order chi connectivity index (χ1) is 16.0. The topological polar surface area (TPSA) is 88.6 Å². The summed E-state index contributed by atoms with van der Waals surface area (Å²) in [6, 6.07) is 8.27. The normalized spacial score (nSPS) is 16.4. The average Bonchev–Trinajstić information content (AvgIpc) is 2.82. The molecular formula is C23H25ClFN5O3. The summed E-state index contributed by atoms with van der Waals surface area (Å²) < 4.78 is 26.3. The van der Waals surface area contributed by atoms with E-state index in [0.717, 1.165) is 19.4 Å². The molecule has 1 unspecified atom stereocenters. The minimum absolute atomic E-state index is 0.0164. The van der Waals surface area contributed by atoms with Crippen LogP contribution < -0.4 is 20.1 Å². The number of ether oxygens (including phenoxy) is 2. The lowest BCUT2D eigenvalue weighted by Crippen LogP contribution is -2.45. The molecule has 10 heteroatoms. The number of hydrogen-bond donors (Lipinski definition) is 2. The van der Waals surface area contributed by atoms with Gasteiger partial charge in [-0.15, -0.1) is 0 Å². The highest BCUT2D eigenvalue weighted by atomic mass is 35.5. The number of fused-ring (bicyclic) bond motifs is 1. The van der Waals surface area contributed by atoms with Crippen LogP contribution in [-0.4, -0.2) is 60.7 Å². The number of likely N-dealkylation sites (N-methyl/N-ethyl adjacent to an activating group) is 1. The Labute approximate surface area is 196 Å². The van der Waals surface area contributed by atoms with Gasteiger partial charge < -0.3 is 20.1 Å². The molecule has 1 saturated heterocycles. The quantitative estimate of drug-likeness (QED) is 0.540. The summed E-state index contributed by atoms with van der Waals surface area (Å²) >= 11 is 5.91. The molecule has 2 aromatic carbocycles. The highest BCUT2D eigenvalue weighted by molar-refractivity contribution is 6.31. The Kier molecular flexibility index (Phi) is 7.10. The van der Waals surface area contributed by atoms with Gasteiger partial charge in [0.1, 0.15) is 18.2 Å². The maximum Gasteiger partial charge on any atom is 0.233 e. The first-order valence-corrected chi connectivity index (χ1v) is 11.0. The van der Waals surface area contributed by atoms with E-state index in [2.05, 4.69) is 25.5 Å². The van der Waals surface area contributed by atoms with Crippen molar-refractivity contribution in [2.75, 3.05) is 39.1 Å². The molecule has 0 radical (unpaired) electrons. The van der Waals surface area contributed by atoms with E-state index in [1.54, 1.807) is 38.4 Å². The number of carbonyl (C=O) groups is 1. The molecule has 0 bridgehead atoms. The Balaban J connectivity index is 1.62. The number of nitrogens with one attached hydrogen (secondary N) is 2. The van der Waals surface area contributed by atoms with E-state index in [1.165, 1.54) is 12.4 Å². The summed E-state index contributed by atoms with van der Waals surface area (Å²) in [7, 11) is 3.19. The van der Waals surface area contributed by atoms with Gasteiger partial charge in [0, 0.05) is 25.0 Å². The molecule has 1 aliphatic rings. The molecule has 4 rings (SSSR count). The second-order valence-electron chi connectivity index (χ2n) is 7.76. The average molecular weight is 474 g/mol. The monoisotopic (exact) mass is 473 g/mol. The smallest absolute Gasteiger partial charge is 0.233 e. The summed E-state index contributed by atoms with van der Waals surface area (Å²) in [5.74, 6) is 0.888. The minimum Gasteiger partial charge on any atom is -0.493 e. The lowest BCUT2D eigenvalue weighted by molar-refractivity contribution is -0.122. The molecule has 174 valence electrons. The molecule has 1 aliphatic heterocycles. The molecule has 0 aliphatic carbocycles. The number of halogens is 2. The Morgan fingerprint density at radius 2 is 2.15 bits per heavy atom. The SMILES string of the molecule is CNC(=O)CN1CCCC(Oc2cc3c(Nc4cccc(Cl)c4F)ncnc3cc2OC)C1. The van der Waals surface area contributed by atoms with Crippen LogP contribution in [0.25, 0.3) is 10.9 Å². The highest BCUT2D eigenvalue weighted by Crippen LogP contribution is 2.36. The van der Waals surface area contributed by atoms with Crippen molar-refractivity contribution < 1.29 is 18.7 Å². The zero-order valence-corrected chi connectivity index (χ0v) is 19.2. The molecule has 1 fully saturated rings. The predicted molar refractivity (Wildman–Crippen MR) is 125 cm³/mol. The number of nitrogens with zero attached hydrogens (tertiary/aromatic N) is 3. The standard InChI is InChI=1S/C23H25ClFN5O3/c1-26-21(31)12-30-8-4-5-14(11-30)33-20-9-15-18(10-19(20)32-2)27-13-28-23(15)29-17-7-3-6-16(24)22(17)25/h3,6-7,9-10,13-14H,4-5,8,11-12H2,1-2H3,(H,26,31)(H,27,28,29). The van der Waals surface area contributed by atoms with Crippen LogP contribution in [0.3, 0.4) is 0 Å². The third-order valence-electron chi connectivity index (χ3n) is 5.53. The van der Waals surface area contributed by atoms with Crippen molar-refractivity contribution >= 4 is 39.9 Å². The Hall–Kier alpha value is -3.17. The van der Waals surface area contributed by atoms with Gasteiger partial charge in [-0.25, -0.2) is 14.4 Å². The third kappa shape index (κ3) is 5.26. The molecule has 1 aromatic heterocycles. The van der Waals surface area contributed by atoms with Crippen molar-refractivity contribution in [3.05, 3.63) is 47.5 Å². The van der Waals surface area contributed by atoms with Crippen LogP contribution in [0.15, 0.2) is 36.7 Å². The van der Waals surface area contributed by atoms with Crippen molar-refractivity contribution in [1.29, 1.82) is 0 Å². The molecule has 1 atom stereocenters. The number of carbonyl (C=O) groups excluding carboxylic acids is 1. The number of benzene rings is 2. The fraction of sp³-hybridized carbons (Fsp3) is 0.348. The van der Waals surface area contributed by atoms with Crippen LogP contribution in [-0.2, 0) is 4.79 Å². The van der Waals surface area contributed by atoms with Crippen molar-refractivity contribution in [3.63, 3.8) is 0 Å². The van der Waals surface area contributed by atoms with E-state index in [9.17, 15) is 9.18 Å². The van der Waals surface area contributed by atoms with Crippen LogP contribution in [0.4, 0.5) is 15.9 Å². The van der Waals surface area contributed by atoms with Crippen molar-refractivity contribution in [3.8, 4) is 11.5 Å². The number of amides is 1. The molecule has 2 N–H and O–H groups in total. The van der Waals surface area contributed by atoms with E-state index >= 15 is 0 Å². The first kappa shape index (κ1) is 23.0. The van der Waals surface area contributed by atoms with Gasteiger partial charge in [-0.3, -0.25) is 9.69 Å². The molecule has 8 nitrogen and oxygen atoms in total. The summed E-state index contributed by atoms with van der Waals surface area (Å²) in [5, 5.41) is 6.31. The van der Waals surface area contributed by atoms with Gasteiger partial charge in [0.15, 0.2) is 17.3 Å². The Morgan fingerprint density at radius 3 is 2.94 bits per heavy atom. The number of likely N-dealkylation sites (tertiary alicyclic amines) is 1. The maximum atomic E-state index is 14.4. The number of methoxy groups -OCH3 is 1. The van der Waals surface area contributed by atoms with Crippen LogP contribution in [0.2, 0.25) is 5.02 Å². The van der Waals surface area contributed by atoms with Gasteiger partial charge in [-0.2, -0.15) is 0 Å². The molecule has 1 amide bonds. The number of piperidine rings is 1. The maximum absolute atomic E-state index is 14.4. The van der Waals surface area contributed by atoms with Gasteiger partial charge >= 0.3 is 0 Å². The molecule has 2 heterocycles. The summed E-state index contributed by atoms with van der Waals surface area (Å²) in [5.41, 5.74) is 0.821. The van der Waals surface area contributed by atoms with E-state index in [-0.39, 0.29) is 22.7 Å². The van der Waals surface area contributed by atoms with Gasteiger partial charge in [0.05, 0.1) is 29.9 Å². The molecule has 3 aromatic rings. The van der Waals surface area contributed by atoms with E-state index < -0.39 is 5.82 Å². The van der Waals surface area contributed by atoms with E-state index in [1.807, 2.05) is 0 Å². The Bertz CT molecular complexity index is 1160. The number of hydrogen-bond acceptors (Lipinski definition) is 7. The Morgan fingerprint density at radius 1 is 1.30 bits per heavy atom. The fourth-order valence-electron chi connectivity index (χ4n) is 3.86. The minimum atomic E-state index is -0.561. The molecule has 0 spiro atoms.